The molecule has 1 atom stereocenters. The zero-order valence-electron chi connectivity index (χ0n) is 12.9. The van der Waals surface area contributed by atoms with E-state index in [-0.39, 0.29) is 0 Å². The highest BCUT2D eigenvalue weighted by Crippen LogP contribution is 2.21. The quantitative estimate of drug-likeness (QED) is 0.681. The summed E-state index contributed by atoms with van der Waals surface area (Å²) in [6, 6.07) is 8.16. The summed E-state index contributed by atoms with van der Waals surface area (Å²) in [5.74, 6) is 0.937. The van der Waals surface area contributed by atoms with Gasteiger partial charge in [0, 0.05) is 10.2 Å². The van der Waals surface area contributed by atoms with Gasteiger partial charge >= 0.3 is 0 Å². The van der Waals surface area contributed by atoms with Gasteiger partial charge in [0.05, 0.1) is 5.75 Å². The summed E-state index contributed by atoms with van der Waals surface area (Å²) >= 11 is 3.57. The van der Waals surface area contributed by atoms with Gasteiger partial charge in [0.15, 0.2) is 0 Å². The van der Waals surface area contributed by atoms with E-state index in [1.54, 1.807) is 0 Å². The average molecular weight is 376 g/mol. The largest absolute Gasteiger partial charge is 0.317 e. The number of rotatable bonds is 10. The topological polar surface area (TPSA) is 46.2 Å². The fourth-order valence-corrected chi connectivity index (χ4v) is 4.32. The number of sulfone groups is 1. The zero-order chi connectivity index (χ0) is 15.7. The van der Waals surface area contributed by atoms with Crippen LogP contribution in [0.3, 0.4) is 0 Å². The number of hydrogen-bond acceptors (Lipinski definition) is 3. The van der Waals surface area contributed by atoms with Gasteiger partial charge in [0.2, 0.25) is 0 Å². The van der Waals surface area contributed by atoms with E-state index >= 15 is 0 Å². The van der Waals surface area contributed by atoms with E-state index in [9.17, 15) is 8.42 Å². The third kappa shape index (κ3) is 7.43. The maximum Gasteiger partial charge on any atom is 0.150 e. The molecule has 0 radical (unpaired) electrons. The summed E-state index contributed by atoms with van der Waals surface area (Å²) in [5.41, 5.74) is 1.24. The first-order valence-electron chi connectivity index (χ1n) is 7.63. The fraction of sp³-hybridized carbons (Fsp3) is 0.625. The molecule has 1 rings (SSSR count). The molecule has 0 amide bonds. The minimum absolute atomic E-state index is 0.293. The summed E-state index contributed by atoms with van der Waals surface area (Å²) < 4.78 is 24.9. The van der Waals surface area contributed by atoms with Crippen LogP contribution in [0.1, 0.15) is 32.3 Å². The molecule has 0 bridgehead atoms. The Bertz CT molecular complexity index is 517. The molecule has 0 aromatic heterocycles. The first-order chi connectivity index (χ1) is 9.98. The van der Waals surface area contributed by atoms with Crippen LogP contribution in [0.2, 0.25) is 0 Å². The summed E-state index contributed by atoms with van der Waals surface area (Å²) in [4.78, 5) is 0. The van der Waals surface area contributed by atoms with Crippen molar-refractivity contribution in [3.05, 3.63) is 34.3 Å². The lowest BCUT2D eigenvalue weighted by Gasteiger charge is -2.18. The highest BCUT2D eigenvalue weighted by atomic mass is 79.9. The van der Waals surface area contributed by atoms with Gasteiger partial charge in [-0.3, -0.25) is 0 Å². The lowest BCUT2D eigenvalue weighted by molar-refractivity contribution is 0.464. The predicted octanol–water partition coefficient (Wildman–Crippen LogP) is 3.43. The van der Waals surface area contributed by atoms with E-state index in [0.717, 1.165) is 30.4 Å². The monoisotopic (exact) mass is 375 g/mol. The van der Waals surface area contributed by atoms with Crippen molar-refractivity contribution in [2.45, 2.75) is 33.1 Å². The highest BCUT2D eigenvalue weighted by Gasteiger charge is 2.16. The molecular weight excluding hydrogens is 350 g/mol. The number of nitrogens with one attached hydrogen (secondary N) is 1. The van der Waals surface area contributed by atoms with Crippen molar-refractivity contribution in [1.29, 1.82) is 0 Å². The molecule has 3 nitrogen and oxygen atoms in total. The molecular formula is C16H26BrNO2S. The van der Waals surface area contributed by atoms with Gasteiger partial charge in [-0.2, -0.15) is 0 Å². The minimum atomic E-state index is -2.89. The van der Waals surface area contributed by atoms with Crippen LogP contribution in [0.25, 0.3) is 0 Å². The molecule has 1 aromatic carbocycles. The SMILES string of the molecule is CCCS(=O)(=O)CCC(CNCC)Cc1ccccc1Br. The van der Waals surface area contributed by atoms with Crippen LogP contribution >= 0.6 is 15.9 Å². The van der Waals surface area contributed by atoms with Crippen molar-refractivity contribution in [2.75, 3.05) is 24.6 Å². The number of halogens is 1. The molecule has 0 spiro atoms. The summed E-state index contributed by atoms with van der Waals surface area (Å²) in [6.07, 6.45) is 2.32. The molecule has 0 heterocycles. The molecule has 0 aliphatic carbocycles. The Hall–Kier alpha value is -0.390. The lowest BCUT2D eigenvalue weighted by atomic mass is 9.97. The van der Waals surface area contributed by atoms with Gasteiger partial charge in [-0.05, 0) is 49.9 Å². The number of hydrogen-bond donors (Lipinski definition) is 1. The van der Waals surface area contributed by atoms with Gasteiger partial charge in [0.25, 0.3) is 0 Å². The fourth-order valence-electron chi connectivity index (χ4n) is 2.36. The maximum absolute atomic E-state index is 11.9. The normalized spacial score (nSPS) is 13.3. The molecule has 21 heavy (non-hydrogen) atoms. The third-order valence-electron chi connectivity index (χ3n) is 3.50. The smallest absolute Gasteiger partial charge is 0.150 e. The van der Waals surface area contributed by atoms with Crippen LogP contribution in [0, 0.1) is 5.92 Å². The Morgan fingerprint density at radius 1 is 1.19 bits per heavy atom. The van der Waals surface area contributed by atoms with E-state index < -0.39 is 9.84 Å². The summed E-state index contributed by atoms with van der Waals surface area (Å²) in [5, 5.41) is 3.35. The maximum atomic E-state index is 11.9. The van der Waals surface area contributed by atoms with E-state index in [2.05, 4.69) is 34.2 Å². The third-order valence-corrected chi connectivity index (χ3v) is 6.16. The second kappa shape index (κ2) is 9.59. The van der Waals surface area contributed by atoms with Crippen LogP contribution in [0.5, 0.6) is 0 Å². The molecule has 1 unspecified atom stereocenters. The molecule has 0 aliphatic rings. The number of benzene rings is 1. The Kier molecular flexibility index (Phi) is 8.52. The Morgan fingerprint density at radius 2 is 1.90 bits per heavy atom. The molecule has 0 saturated carbocycles. The van der Waals surface area contributed by atoms with Gasteiger partial charge in [-0.25, -0.2) is 8.42 Å². The van der Waals surface area contributed by atoms with Crippen molar-refractivity contribution >= 4 is 25.8 Å². The van der Waals surface area contributed by atoms with E-state index in [0.29, 0.717) is 23.8 Å². The van der Waals surface area contributed by atoms with Gasteiger partial charge in [-0.15, -0.1) is 0 Å². The van der Waals surface area contributed by atoms with E-state index in [4.69, 9.17) is 0 Å². The first-order valence-corrected chi connectivity index (χ1v) is 10.2. The van der Waals surface area contributed by atoms with E-state index in [1.807, 2.05) is 25.1 Å². The molecule has 1 aromatic rings. The molecule has 0 aliphatic heterocycles. The van der Waals surface area contributed by atoms with Gasteiger partial charge in [0.1, 0.15) is 9.84 Å². The summed E-state index contributed by atoms with van der Waals surface area (Å²) in [7, 11) is -2.89. The van der Waals surface area contributed by atoms with Crippen molar-refractivity contribution in [2.24, 2.45) is 5.92 Å². The predicted molar refractivity (Wildman–Crippen MR) is 93.4 cm³/mol. The second-order valence-electron chi connectivity index (χ2n) is 5.41. The van der Waals surface area contributed by atoms with Crippen molar-refractivity contribution in [3.63, 3.8) is 0 Å². The Morgan fingerprint density at radius 3 is 2.52 bits per heavy atom. The standard InChI is InChI=1S/C16H26BrNO2S/c1-3-10-21(19,20)11-9-14(13-18-4-2)12-15-7-5-6-8-16(15)17/h5-8,14,18H,3-4,9-13H2,1-2H3. The minimum Gasteiger partial charge on any atom is -0.317 e. The van der Waals surface area contributed by atoms with Crippen LogP contribution < -0.4 is 5.32 Å². The lowest BCUT2D eigenvalue weighted by Crippen LogP contribution is -2.26. The van der Waals surface area contributed by atoms with E-state index in [1.165, 1.54) is 5.56 Å². The van der Waals surface area contributed by atoms with Crippen molar-refractivity contribution in [3.8, 4) is 0 Å². The van der Waals surface area contributed by atoms with Crippen LogP contribution in [0.4, 0.5) is 0 Å². The first kappa shape index (κ1) is 18.7. The van der Waals surface area contributed by atoms with Gasteiger partial charge in [-0.1, -0.05) is 48.0 Å². The Balaban J connectivity index is 2.65. The van der Waals surface area contributed by atoms with Crippen molar-refractivity contribution in [1.82, 2.24) is 5.32 Å². The molecule has 1 N–H and O–H groups in total. The van der Waals surface area contributed by atoms with Crippen LogP contribution in [-0.2, 0) is 16.3 Å². The average Bonchev–Trinajstić information content (AvgIpc) is 2.44. The zero-order valence-corrected chi connectivity index (χ0v) is 15.3. The Labute approximate surface area is 137 Å². The highest BCUT2D eigenvalue weighted by molar-refractivity contribution is 9.10. The molecule has 0 fully saturated rings. The second-order valence-corrected chi connectivity index (χ2v) is 8.57. The summed E-state index contributed by atoms with van der Waals surface area (Å²) in [6.45, 7) is 5.76. The molecule has 5 heteroatoms. The molecule has 120 valence electrons. The van der Waals surface area contributed by atoms with Crippen LogP contribution in [0.15, 0.2) is 28.7 Å². The molecule has 0 saturated heterocycles. The van der Waals surface area contributed by atoms with Crippen molar-refractivity contribution < 1.29 is 8.42 Å². The van der Waals surface area contributed by atoms with Crippen LogP contribution in [-0.4, -0.2) is 33.0 Å². The van der Waals surface area contributed by atoms with Gasteiger partial charge < -0.3 is 5.32 Å².